The minimum absolute atomic E-state index is 0.163. The van der Waals surface area contributed by atoms with Crippen molar-refractivity contribution in [2.45, 2.75) is 19.3 Å². The third-order valence-corrected chi connectivity index (χ3v) is 6.58. The second-order valence-corrected chi connectivity index (χ2v) is 8.31. The number of nitrogens with zero attached hydrogens (tertiary/aromatic N) is 6. The number of thiazole rings is 1. The van der Waals surface area contributed by atoms with Crippen LogP contribution in [0.25, 0.3) is 10.7 Å². The van der Waals surface area contributed by atoms with Crippen LogP contribution in [0.1, 0.15) is 33.8 Å². The molecule has 150 valence electrons. The average Bonchev–Trinajstić information content (AvgIpc) is 3.45. The summed E-state index contributed by atoms with van der Waals surface area (Å²) in [6.07, 6.45) is 6.48. The van der Waals surface area contributed by atoms with E-state index in [9.17, 15) is 10.1 Å². The van der Waals surface area contributed by atoms with Gasteiger partial charge in [0.15, 0.2) is 0 Å². The highest BCUT2D eigenvalue weighted by atomic mass is 32.1. The van der Waals surface area contributed by atoms with E-state index in [2.05, 4.69) is 25.9 Å². The second-order valence-electron chi connectivity index (χ2n) is 7.31. The summed E-state index contributed by atoms with van der Waals surface area (Å²) in [5, 5.41) is 10.2. The highest BCUT2D eigenvalue weighted by Gasteiger charge is 2.31. The lowest BCUT2D eigenvalue weighted by Gasteiger charge is -2.27. The van der Waals surface area contributed by atoms with Crippen LogP contribution in [0.5, 0.6) is 0 Å². The average molecular weight is 417 g/mol. The summed E-state index contributed by atoms with van der Waals surface area (Å²) >= 11 is 1.32. The molecule has 0 atom stereocenters. The number of anilines is 3. The van der Waals surface area contributed by atoms with Crippen LogP contribution >= 0.6 is 11.3 Å². The molecule has 0 spiro atoms. The summed E-state index contributed by atoms with van der Waals surface area (Å²) < 4.78 is 0. The molecule has 0 aliphatic carbocycles. The van der Waals surface area contributed by atoms with Crippen LogP contribution < -0.4 is 15.5 Å². The molecule has 1 fully saturated rings. The van der Waals surface area contributed by atoms with Gasteiger partial charge in [0.1, 0.15) is 27.5 Å². The van der Waals surface area contributed by atoms with Gasteiger partial charge in [0.2, 0.25) is 0 Å². The first-order valence-electron chi connectivity index (χ1n) is 9.83. The molecule has 5 rings (SSSR count). The summed E-state index contributed by atoms with van der Waals surface area (Å²) in [6.45, 7) is 2.48. The molecule has 2 aromatic heterocycles. The summed E-state index contributed by atoms with van der Waals surface area (Å²) in [7, 11) is 0. The van der Waals surface area contributed by atoms with E-state index in [1.54, 1.807) is 35.5 Å². The van der Waals surface area contributed by atoms with Gasteiger partial charge in [-0.2, -0.15) is 5.26 Å². The van der Waals surface area contributed by atoms with Crippen molar-refractivity contribution in [3.05, 3.63) is 46.7 Å². The lowest BCUT2D eigenvalue weighted by Crippen LogP contribution is -2.37. The van der Waals surface area contributed by atoms with Gasteiger partial charge in [-0.3, -0.25) is 4.79 Å². The molecule has 8 nitrogen and oxygen atoms in total. The molecule has 1 amide bonds. The monoisotopic (exact) mass is 417 g/mol. The Bertz CT molecular complexity index is 1160. The van der Waals surface area contributed by atoms with Gasteiger partial charge in [-0.05, 0) is 25.0 Å². The number of nitrogens with two attached hydrogens (primary N) is 1. The Balaban J connectivity index is 1.44. The molecule has 2 aliphatic rings. The Kier molecular flexibility index (Phi) is 4.56. The minimum Gasteiger partial charge on any atom is -0.398 e. The molecule has 30 heavy (non-hydrogen) atoms. The second kappa shape index (κ2) is 7.39. The Morgan fingerprint density at radius 2 is 1.97 bits per heavy atom. The van der Waals surface area contributed by atoms with Crippen molar-refractivity contribution in [1.29, 1.82) is 5.26 Å². The van der Waals surface area contributed by atoms with E-state index in [0.717, 1.165) is 24.6 Å². The Morgan fingerprint density at radius 1 is 1.13 bits per heavy atom. The Labute approximate surface area is 177 Å². The first-order valence-corrected chi connectivity index (χ1v) is 10.6. The van der Waals surface area contributed by atoms with E-state index in [-0.39, 0.29) is 5.91 Å². The number of nitrogen functional groups attached to an aromatic ring is 1. The molecular weight excluding hydrogens is 398 g/mol. The number of nitriles is 1. The molecule has 9 heteroatoms. The lowest BCUT2D eigenvalue weighted by molar-refractivity contribution is 0.0984. The minimum atomic E-state index is -0.163. The maximum absolute atomic E-state index is 13.2. The van der Waals surface area contributed by atoms with E-state index in [0.29, 0.717) is 45.5 Å². The zero-order valence-electron chi connectivity index (χ0n) is 16.2. The van der Waals surface area contributed by atoms with Crippen LogP contribution in [0.15, 0.2) is 30.6 Å². The highest BCUT2D eigenvalue weighted by Crippen LogP contribution is 2.34. The number of rotatable bonds is 3. The van der Waals surface area contributed by atoms with Gasteiger partial charge in [-0.1, -0.05) is 6.07 Å². The molecule has 4 heterocycles. The first kappa shape index (κ1) is 18.5. The van der Waals surface area contributed by atoms with E-state index < -0.39 is 0 Å². The molecule has 2 aliphatic heterocycles. The van der Waals surface area contributed by atoms with Crippen molar-refractivity contribution in [2.75, 3.05) is 35.2 Å². The summed E-state index contributed by atoms with van der Waals surface area (Å²) in [5.41, 5.74) is 8.59. The fourth-order valence-corrected chi connectivity index (χ4v) is 4.94. The van der Waals surface area contributed by atoms with Crippen LogP contribution in [0, 0.1) is 11.3 Å². The number of carbonyl (C=O) groups excluding carboxylic acids is 1. The zero-order chi connectivity index (χ0) is 20.7. The van der Waals surface area contributed by atoms with Crippen molar-refractivity contribution in [1.82, 2.24) is 15.0 Å². The van der Waals surface area contributed by atoms with Gasteiger partial charge in [0.25, 0.3) is 5.91 Å². The zero-order valence-corrected chi connectivity index (χ0v) is 17.0. The van der Waals surface area contributed by atoms with Crippen molar-refractivity contribution < 1.29 is 4.79 Å². The first-order chi connectivity index (χ1) is 14.7. The number of benzene rings is 1. The molecule has 1 saturated heterocycles. The van der Waals surface area contributed by atoms with E-state index in [4.69, 9.17) is 5.73 Å². The normalized spacial score (nSPS) is 15.9. The van der Waals surface area contributed by atoms with Gasteiger partial charge in [0.05, 0.1) is 35.0 Å². The molecule has 2 N–H and O–H groups in total. The van der Waals surface area contributed by atoms with E-state index >= 15 is 0 Å². The van der Waals surface area contributed by atoms with Crippen LogP contribution in [0.3, 0.4) is 0 Å². The molecular formula is C21H19N7OS. The molecule has 0 saturated carbocycles. The van der Waals surface area contributed by atoms with Crippen LogP contribution in [-0.4, -0.2) is 40.5 Å². The fraction of sp³-hybridized carbons (Fsp3) is 0.286. The van der Waals surface area contributed by atoms with Gasteiger partial charge >= 0.3 is 0 Å². The van der Waals surface area contributed by atoms with Crippen molar-refractivity contribution in [2.24, 2.45) is 0 Å². The summed E-state index contributed by atoms with van der Waals surface area (Å²) in [5.74, 6) is 0.717. The van der Waals surface area contributed by atoms with E-state index in [1.807, 2.05) is 0 Å². The van der Waals surface area contributed by atoms with E-state index in [1.165, 1.54) is 24.2 Å². The van der Waals surface area contributed by atoms with Gasteiger partial charge in [-0.25, -0.2) is 15.0 Å². The Hall–Kier alpha value is -3.51. The molecule has 0 unspecified atom stereocenters. The number of hydrogen-bond donors (Lipinski definition) is 1. The van der Waals surface area contributed by atoms with Crippen LogP contribution in [-0.2, 0) is 6.42 Å². The third kappa shape index (κ3) is 3.06. The highest BCUT2D eigenvalue weighted by molar-refractivity contribution is 7.17. The SMILES string of the molecule is N#Cc1c(N)cccc1N1CCc2nc(-c3cnc(N4CCCC4)cn3)sc2C1=O. The topological polar surface area (TPSA) is 112 Å². The summed E-state index contributed by atoms with van der Waals surface area (Å²) in [4.78, 5) is 31.3. The Morgan fingerprint density at radius 3 is 2.70 bits per heavy atom. The molecule has 1 aromatic carbocycles. The fourth-order valence-electron chi connectivity index (χ4n) is 3.91. The van der Waals surface area contributed by atoms with Gasteiger partial charge < -0.3 is 15.5 Å². The standard InChI is InChI=1S/C21H19N7OS/c22-10-13-14(23)4-3-5-17(13)28-9-6-15-19(21(28)29)30-20(26-15)16-11-25-18(12-24-16)27-7-1-2-8-27/h3-5,11-12H,1-2,6-9,23H2. The predicted octanol–water partition coefficient (Wildman–Crippen LogP) is 2.86. The maximum atomic E-state index is 13.2. The number of fused-ring (bicyclic) bond motifs is 1. The predicted molar refractivity (Wildman–Crippen MR) is 116 cm³/mol. The van der Waals surface area contributed by atoms with Gasteiger partial charge in [-0.15, -0.1) is 11.3 Å². The number of aromatic nitrogens is 3. The maximum Gasteiger partial charge on any atom is 0.270 e. The lowest BCUT2D eigenvalue weighted by atomic mass is 10.1. The third-order valence-electron chi connectivity index (χ3n) is 5.47. The van der Waals surface area contributed by atoms with Gasteiger partial charge in [0, 0.05) is 26.1 Å². The van der Waals surface area contributed by atoms with Crippen LogP contribution in [0.4, 0.5) is 17.2 Å². The smallest absolute Gasteiger partial charge is 0.270 e. The number of carbonyl (C=O) groups is 1. The van der Waals surface area contributed by atoms with Crippen LogP contribution in [0.2, 0.25) is 0 Å². The number of hydrogen-bond acceptors (Lipinski definition) is 8. The van der Waals surface area contributed by atoms with Crippen molar-refractivity contribution >= 4 is 34.4 Å². The van der Waals surface area contributed by atoms with Crippen molar-refractivity contribution in [3.63, 3.8) is 0 Å². The quantitative estimate of drug-likeness (QED) is 0.652. The molecule has 0 bridgehead atoms. The largest absolute Gasteiger partial charge is 0.398 e. The number of amides is 1. The van der Waals surface area contributed by atoms with Crippen molar-refractivity contribution in [3.8, 4) is 16.8 Å². The molecule has 0 radical (unpaired) electrons. The molecule has 3 aromatic rings. The summed E-state index contributed by atoms with van der Waals surface area (Å²) in [6, 6.07) is 7.28.